The van der Waals surface area contributed by atoms with Crippen molar-refractivity contribution in [3.05, 3.63) is 40.9 Å². The first-order chi connectivity index (χ1) is 11.1. The van der Waals surface area contributed by atoms with E-state index in [2.05, 4.69) is 15.6 Å². The first kappa shape index (κ1) is 17.5. The van der Waals surface area contributed by atoms with Crippen LogP contribution in [0, 0.1) is 11.6 Å². The molecule has 2 rings (SSSR count). The summed E-state index contributed by atoms with van der Waals surface area (Å²) in [5, 5.41) is 7.39. The van der Waals surface area contributed by atoms with Gasteiger partial charge in [0.1, 0.15) is 22.3 Å². The lowest BCUT2D eigenvalue weighted by atomic mass is 10.2. The number of carbonyl (C=O) groups excluding carboxylic acids is 1. The molecule has 1 amide bonds. The van der Waals surface area contributed by atoms with Crippen LogP contribution >= 0.6 is 11.3 Å². The summed E-state index contributed by atoms with van der Waals surface area (Å²) in [6.45, 7) is 2.30. The van der Waals surface area contributed by atoms with Gasteiger partial charge in [-0.2, -0.15) is 0 Å². The maximum atomic E-state index is 13.7. The van der Waals surface area contributed by atoms with Crippen LogP contribution in [0.15, 0.2) is 23.6 Å². The van der Waals surface area contributed by atoms with Crippen molar-refractivity contribution in [1.82, 2.24) is 15.6 Å². The molecule has 0 bridgehead atoms. The molecule has 124 valence electrons. The summed E-state index contributed by atoms with van der Waals surface area (Å²) in [6, 6.07) is 3.60. The topological polar surface area (TPSA) is 63.2 Å². The van der Waals surface area contributed by atoms with Crippen LogP contribution < -0.4 is 10.6 Å². The van der Waals surface area contributed by atoms with Crippen LogP contribution in [0.3, 0.4) is 0 Å². The molecule has 0 aliphatic heterocycles. The smallest absolute Gasteiger partial charge is 0.270 e. The van der Waals surface area contributed by atoms with E-state index in [9.17, 15) is 13.6 Å². The van der Waals surface area contributed by atoms with Gasteiger partial charge in [-0.1, -0.05) is 6.07 Å². The first-order valence-electron chi connectivity index (χ1n) is 7.01. The lowest BCUT2D eigenvalue weighted by Gasteiger charge is -2.05. The van der Waals surface area contributed by atoms with Crippen molar-refractivity contribution in [3.63, 3.8) is 0 Å². The second-order valence-corrected chi connectivity index (χ2v) is 5.49. The number of thiazole rings is 1. The normalized spacial score (nSPS) is 10.7. The fourth-order valence-electron chi connectivity index (χ4n) is 1.85. The predicted octanol–water partition coefficient (Wildman–Crippen LogP) is 2.05. The van der Waals surface area contributed by atoms with E-state index in [4.69, 9.17) is 4.74 Å². The second kappa shape index (κ2) is 8.66. The third kappa shape index (κ3) is 4.78. The Morgan fingerprint density at radius 2 is 2.00 bits per heavy atom. The van der Waals surface area contributed by atoms with Crippen LogP contribution in [-0.4, -0.2) is 44.2 Å². The van der Waals surface area contributed by atoms with Gasteiger partial charge in [-0.05, 0) is 12.1 Å². The number of nitrogens with zero attached hydrogens (tertiary/aromatic N) is 1. The zero-order chi connectivity index (χ0) is 16.7. The molecule has 23 heavy (non-hydrogen) atoms. The zero-order valence-electron chi connectivity index (χ0n) is 12.6. The Morgan fingerprint density at radius 1 is 1.26 bits per heavy atom. The third-order valence-corrected chi connectivity index (χ3v) is 3.84. The van der Waals surface area contributed by atoms with Gasteiger partial charge in [0.15, 0.2) is 0 Å². The van der Waals surface area contributed by atoms with Crippen LogP contribution in [0.2, 0.25) is 0 Å². The molecule has 0 atom stereocenters. The van der Waals surface area contributed by atoms with Crippen LogP contribution in [0.25, 0.3) is 10.6 Å². The van der Waals surface area contributed by atoms with Crippen molar-refractivity contribution in [2.24, 2.45) is 0 Å². The fourth-order valence-corrected chi connectivity index (χ4v) is 2.70. The van der Waals surface area contributed by atoms with Gasteiger partial charge in [-0.25, -0.2) is 13.8 Å². The minimum Gasteiger partial charge on any atom is -0.383 e. The molecule has 0 fully saturated rings. The standard InChI is InChI=1S/C15H17F2N3O2S/c1-22-8-7-18-5-6-19-14(21)12-9-23-15(20-12)13-10(16)3-2-4-11(13)17/h2-4,9,18H,5-8H2,1H3,(H,19,21). The van der Waals surface area contributed by atoms with Crippen molar-refractivity contribution in [3.8, 4) is 10.6 Å². The highest BCUT2D eigenvalue weighted by Crippen LogP contribution is 2.28. The van der Waals surface area contributed by atoms with Gasteiger partial charge in [-0.15, -0.1) is 11.3 Å². The molecule has 1 heterocycles. The number of amides is 1. The van der Waals surface area contributed by atoms with E-state index >= 15 is 0 Å². The van der Waals surface area contributed by atoms with Crippen LogP contribution in [0.1, 0.15) is 10.5 Å². The summed E-state index contributed by atoms with van der Waals surface area (Å²) in [5.41, 5.74) is -0.0673. The third-order valence-electron chi connectivity index (χ3n) is 2.98. The number of ether oxygens (including phenoxy) is 1. The minimum absolute atomic E-state index is 0.143. The number of carbonyl (C=O) groups is 1. The summed E-state index contributed by atoms with van der Waals surface area (Å²) in [5.74, 6) is -1.78. The van der Waals surface area contributed by atoms with Gasteiger partial charge in [0.2, 0.25) is 0 Å². The van der Waals surface area contributed by atoms with Crippen molar-refractivity contribution in [1.29, 1.82) is 0 Å². The van der Waals surface area contributed by atoms with E-state index < -0.39 is 11.6 Å². The van der Waals surface area contributed by atoms with Crippen molar-refractivity contribution < 1.29 is 18.3 Å². The maximum absolute atomic E-state index is 13.7. The summed E-state index contributed by atoms with van der Waals surface area (Å²) in [6.07, 6.45) is 0. The zero-order valence-corrected chi connectivity index (χ0v) is 13.4. The van der Waals surface area contributed by atoms with Gasteiger partial charge >= 0.3 is 0 Å². The molecule has 0 spiro atoms. The monoisotopic (exact) mass is 341 g/mol. The number of rotatable bonds is 8. The maximum Gasteiger partial charge on any atom is 0.270 e. The predicted molar refractivity (Wildman–Crippen MR) is 84.5 cm³/mol. The summed E-state index contributed by atoms with van der Waals surface area (Å²) in [7, 11) is 1.61. The molecule has 5 nitrogen and oxygen atoms in total. The van der Waals surface area contributed by atoms with E-state index in [1.165, 1.54) is 11.4 Å². The van der Waals surface area contributed by atoms with E-state index in [1.807, 2.05) is 0 Å². The largest absolute Gasteiger partial charge is 0.383 e. The van der Waals surface area contributed by atoms with Gasteiger partial charge in [-0.3, -0.25) is 4.79 Å². The fraction of sp³-hybridized carbons (Fsp3) is 0.333. The number of methoxy groups -OCH3 is 1. The Kier molecular flexibility index (Phi) is 6.57. The van der Waals surface area contributed by atoms with Crippen LogP contribution in [0.4, 0.5) is 8.78 Å². The van der Waals surface area contributed by atoms with Crippen molar-refractivity contribution in [2.75, 3.05) is 33.4 Å². The van der Waals surface area contributed by atoms with Crippen LogP contribution in [-0.2, 0) is 4.74 Å². The molecule has 0 saturated carbocycles. The number of nitrogens with one attached hydrogen (secondary N) is 2. The molecular formula is C15H17F2N3O2S. The number of aromatic nitrogens is 1. The SMILES string of the molecule is COCCNCCNC(=O)c1csc(-c2c(F)cccc2F)n1. The quantitative estimate of drug-likeness (QED) is 0.722. The van der Waals surface area contributed by atoms with Gasteiger partial charge < -0.3 is 15.4 Å². The Labute approximate surface area is 136 Å². The van der Waals surface area contributed by atoms with Gasteiger partial charge in [0, 0.05) is 32.1 Å². The molecule has 2 N–H and O–H groups in total. The summed E-state index contributed by atoms with van der Waals surface area (Å²) < 4.78 is 32.3. The molecule has 0 unspecified atom stereocenters. The second-order valence-electron chi connectivity index (χ2n) is 4.63. The lowest BCUT2D eigenvalue weighted by molar-refractivity contribution is 0.0949. The highest BCUT2D eigenvalue weighted by Gasteiger charge is 2.17. The van der Waals surface area contributed by atoms with Gasteiger partial charge in [0.25, 0.3) is 5.91 Å². The molecular weight excluding hydrogens is 324 g/mol. The minimum atomic E-state index is -0.700. The highest BCUT2D eigenvalue weighted by molar-refractivity contribution is 7.13. The average molecular weight is 341 g/mol. The lowest BCUT2D eigenvalue weighted by Crippen LogP contribution is -2.33. The van der Waals surface area contributed by atoms with E-state index in [0.717, 1.165) is 23.5 Å². The van der Waals surface area contributed by atoms with Crippen LogP contribution in [0.5, 0.6) is 0 Å². The Bertz CT molecular complexity index is 644. The number of hydrogen-bond acceptors (Lipinski definition) is 5. The average Bonchev–Trinajstić information content (AvgIpc) is 3.00. The number of halogens is 2. The molecule has 1 aromatic carbocycles. The highest BCUT2D eigenvalue weighted by atomic mass is 32.1. The van der Waals surface area contributed by atoms with Gasteiger partial charge in [0.05, 0.1) is 12.2 Å². The summed E-state index contributed by atoms with van der Waals surface area (Å²) in [4.78, 5) is 16.0. The summed E-state index contributed by atoms with van der Waals surface area (Å²) >= 11 is 1.03. The molecule has 0 aliphatic rings. The van der Waals surface area contributed by atoms with E-state index in [-0.39, 0.29) is 22.2 Å². The number of hydrogen-bond donors (Lipinski definition) is 2. The molecule has 0 saturated heterocycles. The Hall–Kier alpha value is -1.90. The molecule has 2 aromatic rings. The Morgan fingerprint density at radius 3 is 2.70 bits per heavy atom. The van der Waals surface area contributed by atoms with Crippen molar-refractivity contribution >= 4 is 17.2 Å². The number of benzene rings is 1. The van der Waals surface area contributed by atoms with E-state index in [0.29, 0.717) is 26.2 Å². The Balaban J connectivity index is 1.93. The van der Waals surface area contributed by atoms with E-state index in [1.54, 1.807) is 7.11 Å². The van der Waals surface area contributed by atoms with Crippen molar-refractivity contribution in [2.45, 2.75) is 0 Å². The molecule has 0 aliphatic carbocycles. The first-order valence-corrected chi connectivity index (χ1v) is 7.89. The molecule has 8 heteroatoms. The molecule has 1 aromatic heterocycles. The molecule has 0 radical (unpaired) electrons.